The van der Waals surface area contributed by atoms with Gasteiger partial charge in [-0.1, -0.05) is 30.3 Å². The number of carbonyl (C=O) groups excluding carboxylic acids is 1. The summed E-state index contributed by atoms with van der Waals surface area (Å²) in [5, 5.41) is 11.5. The molecule has 0 aromatic heterocycles. The predicted octanol–water partition coefficient (Wildman–Crippen LogP) is 2.32. The molecule has 2 aliphatic heterocycles. The Labute approximate surface area is 175 Å². The van der Waals surface area contributed by atoms with Crippen molar-refractivity contribution in [2.24, 2.45) is 0 Å². The van der Waals surface area contributed by atoms with E-state index in [1.165, 1.54) is 0 Å². The quantitative estimate of drug-likeness (QED) is 0.556. The van der Waals surface area contributed by atoms with Crippen molar-refractivity contribution in [2.45, 2.75) is 6.42 Å². The predicted molar refractivity (Wildman–Crippen MR) is 115 cm³/mol. The lowest BCUT2D eigenvalue weighted by Gasteiger charge is -2.37. The highest BCUT2D eigenvalue weighted by molar-refractivity contribution is 5.79. The Hall–Kier alpha value is -3.13. The molecule has 2 aromatic rings. The Bertz CT molecular complexity index is 891. The first kappa shape index (κ1) is 20.2. The van der Waals surface area contributed by atoms with Gasteiger partial charge in [0.2, 0.25) is 5.91 Å². The summed E-state index contributed by atoms with van der Waals surface area (Å²) in [4.78, 5) is 29.9. The lowest BCUT2D eigenvalue weighted by Crippen LogP contribution is -2.49. The normalized spacial score (nSPS) is 17.1. The molecule has 2 aromatic carbocycles. The van der Waals surface area contributed by atoms with Gasteiger partial charge in [0.25, 0.3) is 5.69 Å². The highest BCUT2D eigenvalue weighted by Gasteiger charge is 2.25. The molecule has 0 unspecified atom stereocenters. The molecule has 0 saturated carbocycles. The van der Waals surface area contributed by atoms with Crippen molar-refractivity contribution in [1.29, 1.82) is 0 Å². The third-order valence-corrected chi connectivity index (χ3v) is 5.70. The second-order valence-corrected chi connectivity index (χ2v) is 7.56. The molecule has 0 atom stereocenters. The number of ether oxygens (including phenoxy) is 1. The van der Waals surface area contributed by atoms with E-state index in [-0.39, 0.29) is 16.5 Å². The highest BCUT2D eigenvalue weighted by atomic mass is 16.6. The molecule has 0 radical (unpaired) electrons. The number of anilines is 2. The molecular formula is C22H26N4O4. The number of nitro benzene ring substituents is 1. The molecule has 158 valence electrons. The van der Waals surface area contributed by atoms with Crippen molar-refractivity contribution in [3.63, 3.8) is 0 Å². The Morgan fingerprint density at radius 3 is 2.30 bits per heavy atom. The molecule has 1 amide bonds. The Morgan fingerprint density at radius 1 is 0.933 bits per heavy atom. The lowest BCUT2D eigenvalue weighted by molar-refractivity contribution is -0.384. The number of rotatable bonds is 5. The molecule has 0 spiro atoms. The van der Waals surface area contributed by atoms with Crippen LogP contribution in [0.25, 0.3) is 0 Å². The van der Waals surface area contributed by atoms with E-state index in [0.29, 0.717) is 64.6 Å². The van der Waals surface area contributed by atoms with Gasteiger partial charge in [0.05, 0.1) is 24.6 Å². The average molecular weight is 410 g/mol. The standard InChI is InChI=1S/C22H26N4O4/c27-22(16-18-4-2-1-3-5-18)25-10-8-23(9-11-25)19-6-7-20(26(28)29)21(17-19)24-12-14-30-15-13-24/h1-7,17H,8-16H2. The van der Waals surface area contributed by atoms with Gasteiger partial charge in [-0.3, -0.25) is 14.9 Å². The molecule has 8 nitrogen and oxygen atoms in total. The summed E-state index contributed by atoms with van der Waals surface area (Å²) < 4.78 is 5.39. The van der Waals surface area contributed by atoms with Gasteiger partial charge in [0.1, 0.15) is 5.69 Å². The molecule has 8 heteroatoms. The molecule has 4 rings (SSSR count). The van der Waals surface area contributed by atoms with Crippen LogP contribution in [0.4, 0.5) is 17.1 Å². The van der Waals surface area contributed by atoms with Gasteiger partial charge in [0.15, 0.2) is 0 Å². The van der Waals surface area contributed by atoms with Crippen molar-refractivity contribution in [3.8, 4) is 0 Å². The van der Waals surface area contributed by atoms with Crippen LogP contribution in [0.5, 0.6) is 0 Å². The van der Waals surface area contributed by atoms with Crippen molar-refractivity contribution in [2.75, 3.05) is 62.3 Å². The number of benzene rings is 2. The van der Waals surface area contributed by atoms with Gasteiger partial charge in [-0.05, 0) is 17.7 Å². The smallest absolute Gasteiger partial charge is 0.292 e. The number of morpholine rings is 1. The minimum Gasteiger partial charge on any atom is -0.378 e. The molecule has 0 aliphatic carbocycles. The molecule has 2 aliphatic rings. The zero-order valence-electron chi connectivity index (χ0n) is 16.9. The zero-order valence-corrected chi connectivity index (χ0v) is 16.9. The SMILES string of the molecule is O=C(Cc1ccccc1)N1CCN(c2ccc([N+](=O)[O-])c(N3CCOCC3)c2)CC1. The summed E-state index contributed by atoms with van der Waals surface area (Å²) >= 11 is 0. The average Bonchev–Trinajstić information content (AvgIpc) is 2.80. The van der Waals surface area contributed by atoms with E-state index in [1.807, 2.05) is 52.3 Å². The van der Waals surface area contributed by atoms with Crippen LogP contribution in [0.1, 0.15) is 5.56 Å². The van der Waals surface area contributed by atoms with Gasteiger partial charge in [-0.2, -0.15) is 0 Å². The maximum Gasteiger partial charge on any atom is 0.292 e. The highest BCUT2D eigenvalue weighted by Crippen LogP contribution is 2.33. The van der Waals surface area contributed by atoms with E-state index in [1.54, 1.807) is 6.07 Å². The zero-order chi connectivity index (χ0) is 20.9. The molecule has 2 saturated heterocycles. The van der Waals surface area contributed by atoms with Crippen LogP contribution < -0.4 is 9.80 Å². The summed E-state index contributed by atoms with van der Waals surface area (Å²) in [7, 11) is 0. The van der Waals surface area contributed by atoms with Gasteiger partial charge in [-0.15, -0.1) is 0 Å². The summed E-state index contributed by atoms with van der Waals surface area (Å²) in [5.74, 6) is 0.138. The van der Waals surface area contributed by atoms with Gasteiger partial charge in [0, 0.05) is 51.0 Å². The van der Waals surface area contributed by atoms with Crippen molar-refractivity contribution >= 4 is 23.0 Å². The van der Waals surface area contributed by atoms with Gasteiger partial charge >= 0.3 is 0 Å². The number of nitro groups is 1. The maximum absolute atomic E-state index is 12.6. The Kier molecular flexibility index (Phi) is 6.13. The number of hydrogen-bond acceptors (Lipinski definition) is 6. The van der Waals surface area contributed by atoms with Crippen molar-refractivity contribution in [3.05, 3.63) is 64.2 Å². The van der Waals surface area contributed by atoms with Crippen molar-refractivity contribution < 1.29 is 14.5 Å². The fraction of sp³-hybridized carbons (Fsp3) is 0.409. The third kappa shape index (κ3) is 4.54. The van der Waals surface area contributed by atoms with Crippen LogP contribution >= 0.6 is 0 Å². The number of nitrogens with zero attached hydrogens (tertiary/aromatic N) is 4. The summed E-state index contributed by atoms with van der Waals surface area (Å²) in [6, 6.07) is 15.1. The molecular weight excluding hydrogens is 384 g/mol. The molecule has 2 heterocycles. The summed E-state index contributed by atoms with van der Waals surface area (Å²) in [6.45, 7) is 5.15. The second-order valence-electron chi connectivity index (χ2n) is 7.56. The number of hydrogen-bond donors (Lipinski definition) is 0. The lowest BCUT2D eigenvalue weighted by atomic mass is 10.1. The largest absolute Gasteiger partial charge is 0.378 e. The first-order valence-corrected chi connectivity index (χ1v) is 10.3. The van der Waals surface area contributed by atoms with Gasteiger partial charge in [-0.25, -0.2) is 0 Å². The van der Waals surface area contributed by atoms with E-state index in [9.17, 15) is 14.9 Å². The van der Waals surface area contributed by atoms with Crippen LogP contribution in [-0.2, 0) is 16.0 Å². The maximum atomic E-state index is 12.6. The van der Waals surface area contributed by atoms with Gasteiger partial charge < -0.3 is 19.4 Å². The fourth-order valence-electron chi connectivity index (χ4n) is 4.02. The fourth-order valence-corrected chi connectivity index (χ4v) is 4.02. The minimum absolute atomic E-state index is 0.123. The number of carbonyl (C=O) groups is 1. The first-order valence-electron chi connectivity index (χ1n) is 10.3. The topological polar surface area (TPSA) is 79.2 Å². The van der Waals surface area contributed by atoms with Crippen LogP contribution in [0.2, 0.25) is 0 Å². The third-order valence-electron chi connectivity index (χ3n) is 5.70. The van der Waals surface area contributed by atoms with E-state index in [2.05, 4.69) is 4.90 Å². The Balaban J connectivity index is 1.42. The number of piperazine rings is 1. The molecule has 0 bridgehead atoms. The number of amides is 1. The summed E-state index contributed by atoms with van der Waals surface area (Å²) in [5.41, 5.74) is 2.74. The summed E-state index contributed by atoms with van der Waals surface area (Å²) in [6.07, 6.45) is 0.416. The van der Waals surface area contributed by atoms with Crippen molar-refractivity contribution in [1.82, 2.24) is 4.90 Å². The molecule has 0 N–H and O–H groups in total. The second kappa shape index (κ2) is 9.13. The molecule has 30 heavy (non-hydrogen) atoms. The minimum atomic E-state index is -0.325. The first-order chi connectivity index (χ1) is 14.6. The van der Waals surface area contributed by atoms with Crippen LogP contribution in [0.15, 0.2) is 48.5 Å². The van der Waals surface area contributed by atoms with E-state index in [0.717, 1.165) is 11.3 Å². The Morgan fingerprint density at radius 2 is 1.63 bits per heavy atom. The van der Waals surface area contributed by atoms with E-state index in [4.69, 9.17) is 4.74 Å². The van der Waals surface area contributed by atoms with Crippen LogP contribution in [0.3, 0.4) is 0 Å². The molecule has 2 fully saturated rings. The van der Waals surface area contributed by atoms with E-state index >= 15 is 0 Å². The van der Waals surface area contributed by atoms with Crippen LogP contribution in [-0.4, -0.2) is 68.2 Å². The monoisotopic (exact) mass is 410 g/mol. The van der Waals surface area contributed by atoms with E-state index < -0.39 is 0 Å². The van der Waals surface area contributed by atoms with Crippen LogP contribution in [0, 0.1) is 10.1 Å².